The Morgan fingerprint density at radius 1 is 0.857 bits per heavy atom. The second kappa shape index (κ2) is 13.1. The van der Waals surface area contributed by atoms with Crippen LogP contribution in [0.4, 0.5) is 34.6 Å². The lowest BCUT2D eigenvalue weighted by Crippen LogP contribution is -2.46. The zero-order valence-electron chi connectivity index (χ0n) is 22.6. The van der Waals surface area contributed by atoms with E-state index in [0.29, 0.717) is 31.9 Å². The zero-order chi connectivity index (χ0) is 31.2. The fourth-order valence-corrected chi connectivity index (χ4v) is 5.18. The number of carboxylic acid groups (broad SMARTS) is 2. The zero-order valence-corrected chi connectivity index (χ0v) is 23.4. The minimum absolute atomic E-state index is 0.00782. The number of halogens is 4. The van der Waals surface area contributed by atoms with E-state index in [-0.39, 0.29) is 27.9 Å². The van der Waals surface area contributed by atoms with E-state index in [2.05, 4.69) is 9.62 Å². The number of anilines is 3. The van der Waals surface area contributed by atoms with E-state index >= 15 is 0 Å². The average Bonchev–Trinajstić information content (AvgIpc) is 2.93. The molecule has 3 N–H and O–H groups in total. The highest BCUT2D eigenvalue weighted by molar-refractivity contribution is 7.92. The molecule has 0 aliphatic carbocycles. The number of carboxylic acids is 2. The lowest BCUT2D eigenvalue weighted by molar-refractivity contribution is -0.192. The second-order valence-electron chi connectivity index (χ2n) is 9.62. The standard InChI is InChI=1S/C26H28FN3O4S.C2HF3O2/c1-18(2)19-3-10-23(11-4-19)35(33,34)28-24-17-20(26(31)32)5-12-25(24)30-15-13-29(14-16-30)22-8-6-21(27)7-9-22;3-2(4,5)1(6)7/h3-12,17-18,28H,13-16H2,1-2H3,(H,31,32);(H,6,7). The molecule has 0 radical (unpaired) electrons. The smallest absolute Gasteiger partial charge is 0.478 e. The van der Waals surface area contributed by atoms with E-state index in [1.807, 2.05) is 18.7 Å². The van der Waals surface area contributed by atoms with Crippen molar-refractivity contribution in [2.75, 3.05) is 40.7 Å². The summed E-state index contributed by atoms with van der Waals surface area (Å²) in [6.07, 6.45) is -5.08. The van der Waals surface area contributed by atoms with E-state index in [4.69, 9.17) is 9.90 Å². The summed E-state index contributed by atoms with van der Waals surface area (Å²) in [7, 11) is -3.93. The van der Waals surface area contributed by atoms with Gasteiger partial charge in [0.15, 0.2) is 0 Å². The summed E-state index contributed by atoms with van der Waals surface area (Å²) in [5.41, 5.74) is 2.75. The number of hydrogen-bond acceptors (Lipinski definition) is 6. The molecule has 3 aromatic carbocycles. The maximum atomic E-state index is 13.3. The number of carbonyl (C=O) groups is 2. The number of alkyl halides is 3. The van der Waals surface area contributed by atoms with Gasteiger partial charge in [-0.3, -0.25) is 4.72 Å². The maximum Gasteiger partial charge on any atom is 0.490 e. The van der Waals surface area contributed by atoms with Crippen LogP contribution in [0.1, 0.15) is 35.7 Å². The Kier molecular flexibility index (Phi) is 10.0. The van der Waals surface area contributed by atoms with E-state index in [1.165, 1.54) is 24.3 Å². The molecule has 0 spiro atoms. The molecule has 1 saturated heterocycles. The van der Waals surface area contributed by atoms with Gasteiger partial charge in [0.25, 0.3) is 10.0 Å². The van der Waals surface area contributed by atoms with Gasteiger partial charge in [-0.1, -0.05) is 26.0 Å². The number of aliphatic carboxylic acids is 1. The molecule has 1 heterocycles. The molecule has 0 amide bonds. The largest absolute Gasteiger partial charge is 0.490 e. The number of aromatic carboxylic acids is 1. The first-order valence-electron chi connectivity index (χ1n) is 12.6. The molecule has 14 heteroatoms. The SMILES string of the molecule is CC(C)c1ccc(S(=O)(=O)Nc2cc(C(=O)O)ccc2N2CCN(c3ccc(F)cc3)CC2)cc1.O=C(O)C(F)(F)F. The Morgan fingerprint density at radius 3 is 1.86 bits per heavy atom. The molecule has 0 saturated carbocycles. The van der Waals surface area contributed by atoms with E-state index < -0.39 is 28.1 Å². The van der Waals surface area contributed by atoms with Gasteiger partial charge in [-0.2, -0.15) is 13.2 Å². The molecule has 0 aromatic heterocycles. The average molecular weight is 612 g/mol. The van der Waals surface area contributed by atoms with Crippen LogP contribution in [0.25, 0.3) is 0 Å². The van der Waals surface area contributed by atoms with Crippen LogP contribution >= 0.6 is 0 Å². The Labute approximate surface area is 240 Å². The summed E-state index contributed by atoms with van der Waals surface area (Å²) in [6.45, 7) is 6.52. The van der Waals surface area contributed by atoms with Gasteiger partial charge in [-0.05, 0) is 66.1 Å². The van der Waals surface area contributed by atoms with E-state index in [0.717, 1.165) is 11.3 Å². The normalized spacial score (nSPS) is 13.8. The number of benzene rings is 3. The molecule has 42 heavy (non-hydrogen) atoms. The molecular formula is C28H29F4N3O6S. The molecule has 9 nitrogen and oxygen atoms in total. The van der Waals surface area contributed by atoms with Crippen molar-refractivity contribution in [3.8, 4) is 0 Å². The van der Waals surface area contributed by atoms with Crippen molar-refractivity contribution >= 4 is 39.0 Å². The highest BCUT2D eigenvalue weighted by Crippen LogP contribution is 2.31. The first-order chi connectivity index (χ1) is 19.6. The number of nitrogens with one attached hydrogen (secondary N) is 1. The van der Waals surface area contributed by atoms with E-state index in [1.54, 1.807) is 42.5 Å². The first-order valence-corrected chi connectivity index (χ1v) is 14.1. The van der Waals surface area contributed by atoms with Crippen molar-refractivity contribution in [2.45, 2.75) is 30.8 Å². The van der Waals surface area contributed by atoms with Crippen LogP contribution in [0, 0.1) is 5.82 Å². The van der Waals surface area contributed by atoms with Gasteiger partial charge in [0.1, 0.15) is 5.82 Å². The summed E-state index contributed by atoms with van der Waals surface area (Å²) in [6, 6.07) is 17.4. The number of nitrogens with zero attached hydrogens (tertiary/aromatic N) is 2. The Morgan fingerprint density at radius 2 is 1.38 bits per heavy atom. The molecule has 4 rings (SSSR count). The van der Waals surface area contributed by atoms with Gasteiger partial charge in [0.05, 0.1) is 21.8 Å². The van der Waals surface area contributed by atoms with Gasteiger partial charge >= 0.3 is 18.1 Å². The van der Waals surface area contributed by atoms with Crippen molar-refractivity contribution in [2.24, 2.45) is 0 Å². The van der Waals surface area contributed by atoms with Crippen molar-refractivity contribution in [1.29, 1.82) is 0 Å². The highest BCUT2D eigenvalue weighted by atomic mass is 32.2. The minimum Gasteiger partial charge on any atom is -0.478 e. The van der Waals surface area contributed by atoms with Crippen LogP contribution in [0.5, 0.6) is 0 Å². The molecule has 3 aromatic rings. The van der Waals surface area contributed by atoms with E-state index in [9.17, 15) is 35.9 Å². The molecule has 226 valence electrons. The summed E-state index contributed by atoms with van der Waals surface area (Å²) in [5, 5.41) is 16.6. The fourth-order valence-electron chi connectivity index (χ4n) is 4.12. The van der Waals surface area contributed by atoms with Crippen LogP contribution < -0.4 is 14.5 Å². The van der Waals surface area contributed by atoms with Gasteiger partial charge in [-0.25, -0.2) is 22.4 Å². The van der Waals surface area contributed by atoms with Gasteiger partial charge < -0.3 is 20.0 Å². The molecule has 1 aliphatic heterocycles. The molecule has 1 aliphatic rings. The number of piperazine rings is 1. The van der Waals surface area contributed by atoms with Crippen LogP contribution in [0.2, 0.25) is 0 Å². The van der Waals surface area contributed by atoms with Crippen LogP contribution in [-0.2, 0) is 14.8 Å². The predicted octanol–water partition coefficient (Wildman–Crippen LogP) is 5.41. The predicted molar refractivity (Wildman–Crippen MR) is 149 cm³/mol. The summed E-state index contributed by atoms with van der Waals surface area (Å²) in [4.78, 5) is 24.7. The van der Waals surface area contributed by atoms with Gasteiger partial charge in [-0.15, -0.1) is 0 Å². The molecule has 0 bridgehead atoms. The highest BCUT2D eigenvalue weighted by Gasteiger charge is 2.38. The molecule has 1 fully saturated rings. The topological polar surface area (TPSA) is 127 Å². The number of sulfonamides is 1. The van der Waals surface area contributed by atoms with Gasteiger partial charge in [0.2, 0.25) is 0 Å². The Bertz CT molecular complexity index is 1500. The quantitative estimate of drug-likeness (QED) is 0.303. The fraction of sp³-hybridized carbons (Fsp3) is 0.286. The Hall–Kier alpha value is -4.33. The van der Waals surface area contributed by atoms with Crippen molar-refractivity contribution < 1.29 is 45.8 Å². The first kappa shape index (κ1) is 32.2. The number of rotatable bonds is 7. The Balaban J connectivity index is 0.000000616. The lowest BCUT2D eigenvalue weighted by Gasteiger charge is -2.38. The monoisotopic (exact) mass is 611 g/mol. The van der Waals surface area contributed by atoms with Crippen molar-refractivity contribution in [3.63, 3.8) is 0 Å². The number of hydrogen-bond donors (Lipinski definition) is 3. The maximum absolute atomic E-state index is 13.3. The lowest BCUT2D eigenvalue weighted by atomic mass is 10.0. The summed E-state index contributed by atoms with van der Waals surface area (Å²) >= 11 is 0. The third-order valence-corrected chi connectivity index (χ3v) is 7.78. The third-order valence-electron chi connectivity index (χ3n) is 6.40. The molecular weight excluding hydrogens is 582 g/mol. The molecule has 0 atom stereocenters. The van der Waals surface area contributed by atoms with Crippen molar-refractivity contribution in [3.05, 3.63) is 83.7 Å². The van der Waals surface area contributed by atoms with Crippen LogP contribution in [-0.4, -0.2) is 62.9 Å². The van der Waals surface area contributed by atoms with Crippen molar-refractivity contribution in [1.82, 2.24) is 0 Å². The van der Waals surface area contributed by atoms with Gasteiger partial charge in [0, 0.05) is 31.9 Å². The van der Waals surface area contributed by atoms with Crippen LogP contribution in [0.15, 0.2) is 71.6 Å². The van der Waals surface area contributed by atoms with Crippen LogP contribution in [0.3, 0.4) is 0 Å². The summed E-state index contributed by atoms with van der Waals surface area (Å²) < 4.78 is 73.9. The summed E-state index contributed by atoms with van der Waals surface area (Å²) in [5.74, 6) is -3.92. The third kappa shape index (κ3) is 8.35. The minimum atomic E-state index is -5.08. The second-order valence-corrected chi connectivity index (χ2v) is 11.3. The molecule has 0 unspecified atom stereocenters.